The van der Waals surface area contributed by atoms with Gasteiger partial charge in [0.05, 0.1) is 34.9 Å². The van der Waals surface area contributed by atoms with Crippen molar-refractivity contribution in [3.05, 3.63) is 51.2 Å². The Labute approximate surface area is 184 Å². The molecule has 1 aliphatic rings. The van der Waals surface area contributed by atoms with Gasteiger partial charge in [0.2, 0.25) is 5.13 Å². The number of aromatic nitrogens is 3. The van der Waals surface area contributed by atoms with Gasteiger partial charge in [0, 0.05) is 26.2 Å². The third-order valence-corrected chi connectivity index (χ3v) is 7.02. The largest absolute Gasteiger partial charge is 0.495 e. The number of hydrogen-bond acceptors (Lipinski definition) is 6. The van der Waals surface area contributed by atoms with Crippen LogP contribution in [-0.4, -0.2) is 58.9 Å². The molecule has 9 heteroatoms. The molecule has 3 aromatic rings. The summed E-state index contributed by atoms with van der Waals surface area (Å²) >= 11 is 7.63. The molecule has 0 N–H and O–H groups in total. The molecule has 1 saturated heterocycles. The van der Waals surface area contributed by atoms with Crippen molar-refractivity contribution < 1.29 is 9.53 Å². The summed E-state index contributed by atoms with van der Waals surface area (Å²) in [5, 5.41) is 5.75. The van der Waals surface area contributed by atoms with E-state index in [0.29, 0.717) is 28.1 Å². The molecule has 2 aromatic heterocycles. The van der Waals surface area contributed by atoms with Crippen molar-refractivity contribution in [2.45, 2.75) is 20.8 Å². The van der Waals surface area contributed by atoms with Crippen LogP contribution >= 0.6 is 22.9 Å². The molecule has 158 valence electrons. The summed E-state index contributed by atoms with van der Waals surface area (Å²) in [5.74, 6) is 0.868. The molecule has 1 aromatic carbocycles. The van der Waals surface area contributed by atoms with Crippen molar-refractivity contribution >= 4 is 34.5 Å². The highest BCUT2D eigenvalue weighted by Crippen LogP contribution is 2.30. The van der Waals surface area contributed by atoms with Gasteiger partial charge in [-0.3, -0.25) is 4.79 Å². The van der Waals surface area contributed by atoms with Crippen molar-refractivity contribution in [3.8, 4) is 10.9 Å². The summed E-state index contributed by atoms with van der Waals surface area (Å²) in [5.41, 5.74) is 3.36. The Balaban J connectivity index is 1.50. The average molecular weight is 446 g/mol. The normalized spacial score (nSPS) is 14.3. The highest BCUT2D eigenvalue weighted by atomic mass is 35.5. The molecule has 3 heterocycles. The highest BCUT2D eigenvalue weighted by Gasteiger charge is 2.27. The van der Waals surface area contributed by atoms with Gasteiger partial charge < -0.3 is 14.5 Å². The van der Waals surface area contributed by atoms with Crippen LogP contribution in [0.15, 0.2) is 24.3 Å². The minimum absolute atomic E-state index is 0.0172. The lowest BCUT2D eigenvalue weighted by Crippen LogP contribution is -2.48. The number of halogens is 1. The van der Waals surface area contributed by atoms with Gasteiger partial charge in [-0.25, -0.2) is 9.67 Å². The number of amides is 1. The quantitative estimate of drug-likeness (QED) is 0.609. The summed E-state index contributed by atoms with van der Waals surface area (Å²) in [4.78, 5) is 22.6. The Morgan fingerprint density at radius 3 is 2.43 bits per heavy atom. The highest BCUT2D eigenvalue weighted by molar-refractivity contribution is 7.16. The molecule has 7 nitrogen and oxygen atoms in total. The summed E-state index contributed by atoms with van der Waals surface area (Å²) in [7, 11) is 1.68. The van der Waals surface area contributed by atoms with Crippen LogP contribution < -0.4 is 9.64 Å². The zero-order valence-corrected chi connectivity index (χ0v) is 19.0. The van der Waals surface area contributed by atoms with Crippen LogP contribution in [-0.2, 0) is 0 Å². The maximum atomic E-state index is 13.2. The average Bonchev–Trinajstić information content (AvgIpc) is 3.28. The van der Waals surface area contributed by atoms with E-state index in [9.17, 15) is 4.79 Å². The van der Waals surface area contributed by atoms with Gasteiger partial charge >= 0.3 is 0 Å². The molecule has 0 unspecified atom stereocenters. The lowest BCUT2D eigenvalue weighted by molar-refractivity contribution is 0.0750. The second-order valence-corrected chi connectivity index (χ2v) is 8.61. The van der Waals surface area contributed by atoms with E-state index in [0.717, 1.165) is 41.6 Å². The summed E-state index contributed by atoms with van der Waals surface area (Å²) in [6, 6.07) is 7.97. The van der Waals surface area contributed by atoms with Crippen LogP contribution in [0.2, 0.25) is 5.02 Å². The van der Waals surface area contributed by atoms with Gasteiger partial charge in [0.25, 0.3) is 5.91 Å². The van der Waals surface area contributed by atoms with Gasteiger partial charge in [-0.15, -0.1) is 0 Å². The first-order valence-corrected chi connectivity index (χ1v) is 11.0. The van der Waals surface area contributed by atoms with Crippen LogP contribution in [0.4, 0.5) is 5.69 Å². The molecule has 0 radical (unpaired) electrons. The van der Waals surface area contributed by atoms with Gasteiger partial charge in [-0.2, -0.15) is 5.10 Å². The number of anilines is 1. The Kier molecular flexibility index (Phi) is 5.71. The van der Waals surface area contributed by atoms with Crippen LogP contribution in [0, 0.1) is 20.8 Å². The van der Waals surface area contributed by atoms with Crippen molar-refractivity contribution in [2.24, 2.45) is 0 Å². The fourth-order valence-electron chi connectivity index (χ4n) is 3.67. The van der Waals surface area contributed by atoms with Gasteiger partial charge in [-0.1, -0.05) is 35.1 Å². The van der Waals surface area contributed by atoms with Crippen molar-refractivity contribution in [2.75, 3.05) is 38.2 Å². The van der Waals surface area contributed by atoms with Crippen molar-refractivity contribution in [1.29, 1.82) is 0 Å². The number of rotatable bonds is 4. The monoisotopic (exact) mass is 445 g/mol. The lowest BCUT2D eigenvalue weighted by Gasteiger charge is -2.36. The number of nitrogens with zero attached hydrogens (tertiary/aromatic N) is 5. The number of thiazole rings is 1. The molecular weight excluding hydrogens is 422 g/mol. The SMILES string of the molecule is COc1ccccc1N1CCN(C(=O)c2sc(-n3nc(C)c(Cl)c3C)nc2C)CC1. The number of para-hydroxylation sites is 2. The number of carbonyl (C=O) groups is 1. The van der Waals surface area contributed by atoms with Crippen LogP contribution in [0.1, 0.15) is 26.8 Å². The molecule has 1 fully saturated rings. The van der Waals surface area contributed by atoms with E-state index >= 15 is 0 Å². The molecule has 1 aliphatic heterocycles. The van der Waals surface area contributed by atoms with Gasteiger partial charge in [-0.05, 0) is 32.9 Å². The Morgan fingerprint density at radius 1 is 1.10 bits per heavy atom. The smallest absolute Gasteiger partial charge is 0.266 e. The zero-order chi connectivity index (χ0) is 21.4. The molecule has 0 bridgehead atoms. The van der Waals surface area contributed by atoms with Gasteiger partial charge in [0.1, 0.15) is 10.6 Å². The number of benzene rings is 1. The van der Waals surface area contributed by atoms with E-state index in [2.05, 4.69) is 21.0 Å². The second-order valence-electron chi connectivity index (χ2n) is 7.26. The maximum absolute atomic E-state index is 13.2. The predicted molar refractivity (Wildman–Crippen MR) is 120 cm³/mol. The number of hydrogen-bond donors (Lipinski definition) is 0. The first-order chi connectivity index (χ1) is 14.4. The molecule has 0 spiro atoms. The molecule has 1 amide bonds. The number of aryl methyl sites for hydroxylation is 2. The Hall–Kier alpha value is -2.58. The van der Waals surface area contributed by atoms with E-state index in [1.54, 1.807) is 11.8 Å². The fraction of sp³-hybridized carbons (Fsp3) is 0.381. The summed E-state index contributed by atoms with van der Waals surface area (Å²) in [6.07, 6.45) is 0. The Bertz CT molecular complexity index is 1090. The van der Waals surface area contributed by atoms with Crippen molar-refractivity contribution in [3.63, 3.8) is 0 Å². The number of ether oxygens (including phenoxy) is 1. The maximum Gasteiger partial charge on any atom is 0.266 e. The fourth-order valence-corrected chi connectivity index (χ4v) is 4.82. The molecule has 0 aliphatic carbocycles. The minimum Gasteiger partial charge on any atom is -0.495 e. The second kappa shape index (κ2) is 8.28. The number of piperazine rings is 1. The van der Waals surface area contributed by atoms with E-state index in [4.69, 9.17) is 16.3 Å². The molecule has 0 atom stereocenters. The lowest BCUT2D eigenvalue weighted by atomic mass is 10.2. The zero-order valence-electron chi connectivity index (χ0n) is 17.5. The van der Waals surface area contributed by atoms with Crippen LogP contribution in [0.5, 0.6) is 5.75 Å². The van der Waals surface area contributed by atoms with E-state index in [-0.39, 0.29) is 5.91 Å². The molecule has 4 rings (SSSR count). The third kappa shape index (κ3) is 3.65. The first-order valence-electron chi connectivity index (χ1n) is 9.77. The van der Waals surface area contributed by atoms with Crippen molar-refractivity contribution in [1.82, 2.24) is 19.7 Å². The third-order valence-electron chi connectivity index (χ3n) is 5.36. The van der Waals surface area contributed by atoms with Crippen LogP contribution in [0.3, 0.4) is 0 Å². The number of methoxy groups -OCH3 is 1. The topological polar surface area (TPSA) is 63.5 Å². The summed E-state index contributed by atoms with van der Waals surface area (Å²) in [6.45, 7) is 8.43. The molecule has 30 heavy (non-hydrogen) atoms. The minimum atomic E-state index is 0.0172. The molecular formula is C21H24ClN5O2S. The standard InChI is InChI=1S/C21H24ClN5O2S/c1-13-18(22)15(3)27(24-13)21-23-14(2)19(30-21)20(28)26-11-9-25(10-12-26)16-7-5-6-8-17(16)29-4/h5-8H,9-12H2,1-4H3. The Morgan fingerprint density at radius 2 is 1.80 bits per heavy atom. The van der Waals surface area contributed by atoms with Gasteiger partial charge in [0.15, 0.2) is 0 Å². The van der Waals surface area contributed by atoms with E-state index in [1.807, 2.05) is 43.9 Å². The summed E-state index contributed by atoms with van der Waals surface area (Å²) < 4.78 is 7.19. The van der Waals surface area contributed by atoms with E-state index in [1.165, 1.54) is 11.3 Å². The molecule has 0 saturated carbocycles. The number of carbonyl (C=O) groups excluding carboxylic acids is 1. The predicted octanol–water partition coefficient (Wildman–Crippen LogP) is 3.88. The van der Waals surface area contributed by atoms with E-state index < -0.39 is 0 Å². The van der Waals surface area contributed by atoms with Crippen LogP contribution in [0.25, 0.3) is 5.13 Å². The first kappa shape index (κ1) is 20.7.